The van der Waals surface area contributed by atoms with Gasteiger partial charge in [0.2, 0.25) is 0 Å². The standard InChI is InChI=1S/C18H16N2O5S/c1-3-24-13-7-5-4-6-12(13)19-18(23)20(2)16-9-14-15(26-16)8-11(10-21)17(22)25-14/h4-10H,3H2,1-2H3,(H,19,23). The van der Waals surface area contributed by atoms with E-state index >= 15 is 0 Å². The molecule has 0 saturated heterocycles. The molecule has 0 fully saturated rings. The topological polar surface area (TPSA) is 88.8 Å². The number of thiophene rings is 1. The zero-order valence-electron chi connectivity index (χ0n) is 14.1. The lowest BCUT2D eigenvalue weighted by atomic mass is 10.3. The predicted octanol–water partition coefficient (Wildman–Crippen LogP) is 3.73. The summed E-state index contributed by atoms with van der Waals surface area (Å²) in [5.74, 6) is 0.578. The Morgan fingerprint density at radius 3 is 2.85 bits per heavy atom. The number of rotatable bonds is 5. The molecule has 0 aliphatic heterocycles. The summed E-state index contributed by atoms with van der Waals surface area (Å²) >= 11 is 1.24. The second kappa shape index (κ2) is 7.40. The first-order valence-electron chi connectivity index (χ1n) is 7.83. The summed E-state index contributed by atoms with van der Waals surface area (Å²) < 4.78 is 11.2. The van der Waals surface area contributed by atoms with Gasteiger partial charge in [0.1, 0.15) is 16.3 Å². The van der Waals surface area contributed by atoms with E-state index in [4.69, 9.17) is 9.15 Å². The van der Waals surface area contributed by atoms with Crippen molar-refractivity contribution in [3.05, 3.63) is 52.4 Å². The third-order valence-corrected chi connectivity index (χ3v) is 4.77. The molecule has 3 aromatic rings. The summed E-state index contributed by atoms with van der Waals surface area (Å²) in [6, 6.07) is 9.81. The Morgan fingerprint density at radius 1 is 1.35 bits per heavy atom. The van der Waals surface area contributed by atoms with Gasteiger partial charge in [-0.05, 0) is 25.1 Å². The highest BCUT2D eigenvalue weighted by molar-refractivity contribution is 7.22. The summed E-state index contributed by atoms with van der Waals surface area (Å²) in [7, 11) is 1.60. The van der Waals surface area contributed by atoms with Gasteiger partial charge in [-0.2, -0.15) is 0 Å². The number of anilines is 2. The number of nitrogens with one attached hydrogen (secondary N) is 1. The SMILES string of the molecule is CCOc1ccccc1NC(=O)N(C)c1cc2oc(=O)c(C=O)cc2s1. The van der Waals surface area contributed by atoms with Crippen LogP contribution in [0.5, 0.6) is 5.75 Å². The lowest BCUT2D eigenvalue weighted by Crippen LogP contribution is -2.30. The maximum Gasteiger partial charge on any atom is 0.346 e. The largest absolute Gasteiger partial charge is 0.492 e. The number of aldehydes is 1. The number of amides is 2. The molecule has 0 unspecified atom stereocenters. The molecule has 2 heterocycles. The van der Waals surface area contributed by atoms with Crippen LogP contribution in [0.25, 0.3) is 10.3 Å². The smallest absolute Gasteiger partial charge is 0.346 e. The Kier molecular flexibility index (Phi) is 5.04. The van der Waals surface area contributed by atoms with E-state index in [9.17, 15) is 14.4 Å². The Labute approximate surface area is 152 Å². The van der Waals surface area contributed by atoms with Gasteiger partial charge in [-0.15, -0.1) is 11.3 Å². The van der Waals surface area contributed by atoms with Crippen molar-refractivity contribution in [3.63, 3.8) is 0 Å². The molecule has 0 aliphatic carbocycles. The van der Waals surface area contributed by atoms with E-state index in [1.54, 1.807) is 31.3 Å². The van der Waals surface area contributed by atoms with Gasteiger partial charge in [0.05, 0.1) is 17.0 Å². The molecule has 134 valence electrons. The van der Waals surface area contributed by atoms with Crippen LogP contribution in [-0.4, -0.2) is 26.0 Å². The highest BCUT2D eigenvalue weighted by atomic mass is 32.1. The molecular weight excluding hydrogens is 356 g/mol. The summed E-state index contributed by atoms with van der Waals surface area (Å²) in [4.78, 5) is 36.4. The number of benzene rings is 1. The third kappa shape index (κ3) is 3.45. The van der Waals surface area contributed by atoms with Crippen LogP contribution >= 0.6 is 11.3 Å². The minimum atomic E-state index is -0.699. The maximum absolute atomic E-state index is 12.6. The Morgan fingerprint density at radius 2 is 2.12 bits per heavy atom. The second-order valence-corrected chi connectivity index (χ2v) is 6.40. The number of hydrogen-bond donors (Lipinski definition) is 1. The van der Waals surface area contributed by atoms with E-state index in [1.165, 1.54) is 22.3 Å². The molecule has 7 nitrogen and oxygen atoms in total. The quantitative estimate of drug-likeness (QED) is 0.689. The Balaban J connectivity index is 1.86. The van der Waals surface area contributed by atoms with Crippen LogP contribution in [0.1, 0.15) is 17.3 Å². The molecule has 0 aliphatic rings. The fraction of sp³-hybridized carbons (Fsp3) is 0.167. The predicted molar refractivity (Wildman–Crippen MR) is 101 cm³/mol. The van der Waals surface area contributed by atoms with E-state index in [0.29, 0.717) is 39.6 Å². The van der Waals surface area contributed by atoms with Gasteiger partial charge in [-0.25, -0.2) is 9.59 Å². The molecule has 1 N–H and O–H groups in total. The average Bonchev–Trinajstić information content (AvgIpc) is 3.04. The van der Waals surface area contributed by atoms with Gasteiger partial charge < -0.3 is 14.5 Å². The zero-order valence-corrected chi connectivity index (χ0v) is 15.0. The molecule has 3 rings (SSSR count). The minimum Gasteiger partial charge on any atom is -0.492 e. The number of hydrogen-bond acceptors (Lipinski definition) is 6. The fourth-order valence-corrected chi connectivity index (χ4v) is 3.31. The third-order valence-electron chi connectivity index (χ3n) is 3.63. The van der Waals surface area contributed by atoms with Gasteiger partial charge >= 0.3 is 11.7 Å². The average molecular weight is 372 g/mol. The molecule has 0 radical (unpaired) electrons. The van der Waals surface area contributed by atoms with Crippen LogP contribution in [-0.2, 0) is 0 Å². The number of urea groups is 1. The highest BCUT2D eigenvalue weighted by Gasteiger charge is 2.17. The molecule has 0 atom stereocenters. The van der Waals surface area contributed by atoms with Crippen molar-refractivity contribution in [2.75, 3.05) is 23.9 Å². The molecule has 8 heteroatoms. The molecule has 0 saturated carbocycles. The number of carbonyl (C=O) groups is 2. The van der Waals surface area contributed by atoms with Crippen molar-refractivity contribution in [2.45, 2.75) is 6.92 Å². The van der Waals surface area contributed by atoms with Crippen LogP contribution in [0.15, 0.2) is 45.6 Å². The molecule has 0 bridgehead atoms. The van der Waals surface area contributed by atoms with Gasteiger partial charge in [-0.1, -0.05) is 12.1 Å². The van der Waals surface area contributed by atoms with Crippen LogP contribution in [0.4, 0.5) is 15.5 Å². The zero-order chi connectivity index (χ0) is 18.7. The molecule has 2 aromatic heterocycles. The second-order valence-electron chi connectivity index (χ2n) is 5.34. The van der Waals surface area contributed by atoms with E-state index in [1.807, 2.05) is 13.0 Å². The number of fused-ring (bicyclic) bond motifs is 1. The van der Waals surface area contributed by atoms with Crippen molar-refractivity contribution >= 4 is 44.6 Å². The van der Waals surface area contributed by atoms with E-state index in [-0.39, 0.29) is 11.6 Å². The molecular formula is C18H16N2O5S. The first-order chi connectivity index (χ1) is 12.5. The van der Waals surface area contributed by atoms with E-state index < -0.39 is 5.63 Å². The van der Waals surface area contributed by atoms with Gasteiger partial charge in [0, 0.05) is 13.1 Å². The Bertz CT molecular complexity index is 1020. The molecule has 1 aromatic carbocycles. The first-order valence-corrected chi connectivity index (χ1v) is 8.64. The van der Waals surface area contributed by atoms with Crippen LogP contribution in [0.3, 0.4) is 0 Å². The fourth-order valence-electron chi connectivity index (χ4n) is 2.31. The van der Waals surface area contributed by atoms with Crippen LogP contribution in [0.2, 0.25) is 0 Å². The van der Waals surface area contributed by atoms with Crippen molar-refractivity contribution < 1.29 is 18.7 Å². The maximum atomic E-state index is 12.6. The summed E-state index contributed by atoms with van der Waals surface area (Å²) in [5.41, 5.74) is 0.135. The number of nitrogens with zero attached hydrogens (tertiary/aromatic N) is 1. The van der Waals surface area contributed by atoms with Gasteiger partial charge in [0.25, 0.3) is 0 Å². The van der Waals surface area contributed by atoms with Crippen molar-refractivity contribution in [1.29, 1.82) is 0 Å². The Hall–Kier alpha value is -3.13. The summed E-state index contributed by atoms with van der Waals surface area (Å²) in [6.07, 6.45) is 0.450. The normalized spacial score (nSPS) is 10.5. The number of para-hydroxylation sites is 2. The minimum absolute atomic E-state index is 0.0522. The van der Waals surface area contributed by atoms with E-state index in [0.717, 1.165) is 0 Å². The van der Waals surface area contributed by atoms with Gasteiger partial charge in [-0.3, -0.25) is 9.69 Å². The first kappa shape index (κ1) is 17.7. The van der Waals surface area contributed by atoms with Crippen LogP contribution in [0, 0.1) is 0 Å². The lowest BCUT2D eigenvalue weighted by molar-refractivity contribution is 0.112. The van der Waals surface area contributed by atoms with Crippen LogP contribution < -0.4 is 20.6 Å². The van der Waals surface area contributed by atoms with Crippen molar-refractivity contribution in [2.24, 2.45) is 0 Å². The number of ether oxygens (including phenoxy) is 1. The van der Waals surface area contributed by atoms with Crippen molar-refractivity contribution in [3.8, 4) is 5.75 Å². The van der Waals surface area contributed by atoms with E-state index in [2.05, 4.69) is 5.32 Å². The van der Waals surface area contributed by atoms with Gasteiger partial charge in [0.15, 0.2) is 11.9 Å². The summed E-state index contributed by atoms with van der Waals surface area (Å²) in [6.45, 7) is 2.35. The summed E-state index contributed by atoms with van der Waals surface area (Å²) in [5, 5.41) is 3.36. The lowest BCUT2D eigenvalue weighted by Gasteiger charge is -2.17. The number of carbonyl (C=O) groups excluding carboxylic acids is 2. The van der Waals surface area contributed by atoms with Crippen molar-refractivity contribution in [1.82, 2.24) is 0 Å². The molecule has 2 amide bonds. The molecule has 0 spiro atoms. The highest BCUT2D eigenvalue weighted by Crippen LogP contribution is 2.32. The molecule has 26 heavy (non-hydrogen) atoms. The monoisotopic (exact) mass is 372 g/mol.